The lowest BCUT2D eigenvalue weighted by Crippen LogP contribution is -2.42. The molecule has 1 aromatic rings. The summed E-state index contributed by atoms with van der Waals surface area (Å²) in [6.07, 6.45) is 6.26. The fourth-order valence-electron chi connectivity index (χ4n) is 3.03. The van der Waals surface area contributed by atoms with Crippen LogP contribution in [0.5, 0.6) is 0 Å². The Bertz CT molecular complexity index is 495. The predicted octanol–water partition coefficient (Wildman–Crippen LogP) is 2.99. The van der Waals surface area contributed by atoms with Crippen molar-refractivity contribution < 1.29 is 9.59 Å². The van der Waals surface area contributed by atoms with Gasteiger partial charge in [0.1, 0.15) is 0 Å². The molecule has 22 heavy (non-hydrogen) atoms. The summed E-state index contributed by atoms with van der Waals surface area (Å²) in [5, 5.41) is 2.90. The van der Waals surface area contributed by atoms with E-state index < -0.39 is 0 Å². The lowest BCUT2D eigenvalue weighted by Gasteiger charge is -2.32. The average molecular weight is 302 g/mol. The monoisotopic (exact) mass is 302 g/mol. The Morgan fingerprint density at radius 1 is 1.18 bits per heavy atom. The third-order valence-corrected chi connectivity index (χ3v) is 4.41. The number of nitrogens with one attached hydrogen (secondary N) is 1. The van der Waals surface area contributed by atoms with Crippen LogP contribution in [0.1, 0.15) is 55.8 Å². The topological polar surface area (TPSA) is 49.4 Å². The van der Waals surface area contributed by atoms with Gasteiger partial charge in [-0.05, 0) is 31.9 Å². The Balaban J connectivity index is 1.81. The van der Waals surface area contributed by atoms with Gasteiger partial charge in [0.05, 0.1) is 0 Å². The zero-order valence-corrected chi connectivity index (χ0v) is 13.5. The Labute approximate surface area is 132 Å². The first-order chi connectivity index (χ1) is 10.6. The second-order valence-corrected chi connectivity index (χ2v) is 6.24. The molecule has 0 bridgehead atoms. The standard InChI is InChI=1S/C18H26N2O2/c1-14(19-18(22)15-9-5-3-6-10-15)13-17(21)20(2)16-11-7-4-8-12-16/h3,5-6,9-10,14,16H,4,7-8,11-13H2,1-2H3,(H,19,22)/t14-/m0/s1. The molecule has 1 atom stereocenters. The van der Waals surface area contributed by atoms with Crippen molar-refractivity contribution in [3.63, 3.8) is 0 Å². The van der Waals surface area contributed by atoms with Crippen molar-refractivity contribution in [3.05, 3.63) is 35.9 Å². The van der Waals surface area contributed by atoms with E-state index in [1.165, 1.54) is 19.3 Å². The second-order valence-electron chi connectivity index (χ2n) is 6.24. The van der Waals surface area contributed by atoms with Crippen LogP contribution in [0.15, 0.2) is 30.3 Å². The third-order valence-electron chi connectivity index (χ3n) is 4.41. The number of amides is 2. The molecular formula is C18H26N2O2. The third kappa shape index (κ3) is 4.58. The lowest BCUT2D eigenvalue weighted by molar-refractivity contribution is -0.132. The highest BCUT2D eigenvalue weighted by Gasteiger charge is 2.23. The molecule has 1 saturated carbocycles. The molecule has 0 spiro atoms. The van der Waals surface area contributed by atoms with Gasteiger partial charge in [0, 0.05) is 31.1 Å². The van der Waals surface area contributed by atoms with Crippen LogP contribution in [0.2, 0.25) is 0 Å². The van der Waals surface area contributed by atoms with E-state index in [9.17, 15) is 9.59 Å². The molecule has 0 radical (unpaired) electrons. The highest BCUT2D eigenvalue weighted by atomic mass is 16.2. The van der Waals surface area contributed by atoms with Crippen LogP contribution in [0, 0.1) is 0 Å². The summed E-state index contributed by atoms with van der Waals surface area (Å²) in [6.45, 7) is 1.88. The van der Waals surface area contributed by atoms with Gasteiger partial charge in [0.15, 0.2) is 0 Å². The van der Waals surface area contributed by atoms with Crippen molar-refractivity contribution in [2.75, 3.05) is 7.05 Å². The van der Waals surface area contributed by atoms with Gasteiger partial charge >= 0.3 is 0 Å². The minimum Gasteiger partial charge on any atom is -0.349 e. The zero-order valence-electron chi connectivity index (χ0n) is 13.5. The van der Waals surface area contributed by atoms with Gasteiger partial charge in [-0.3, -0.25) is 9.59 Å². The van der Waals surface area contributed by atoms with Gasteiger partial charge in [0.2, 0.25) is 5.91 Å². The van der Waals surface area contributed by atoms with Crippen LogP contribution in [-0.4, -0.2) is 35.8 Å². The first-order valence-corrected chi connectivity index (χ1v) is 8.19. The van der Waals surface area contributed by atoms with Gasteiger partial charge in [-0.25, -0.2) is 0 Å². The summed E-state index contributed by atoms with van der Waals surface area (Å²) >= 11 is 0. The minimum atomic E-state index is -0.161. The molecule has 120 valence electrons. The molecule has 4 nitrogen and oxygen atoms in total. The molecule has 0 aliphatic heterocycles. The number of nitrogens with zero attached hydrogens (tertiary/aromatic N) is 1. The molecular weight excluding hydrogens is 276 g/mol. The summed E-state index contributed by atoms with van der Waals surface area (Å²) in [4.78, 5) is 26.3. The summed E-state index contributed by atoms with van der Waals surface area (Å²) in [5.74, 6) is -0.00557. The van der Waals surface area contributed by atoms with E-state index in [4.69, 9.17) is 0 Å². The Kier molecular flexibility index (Phi) is 5.99. The van der Waals surface area contributed by atoms with E-state index in [0.29, 0.717) is 18.0 Å². The van der Waals surface area contributed by atoms with E-state index in [2.05, 4.69) is 5.32 Å². The van der Waals surface area contributed by atoms with Crippen LogP contribution >= 0.6 is 0 Å². The summed E-state index contributed by atoms with van der Waals surface area (Å²) < 4.78 is 0. The zero-order chi connectivity index (χ0) is 15.9. The molecule has 2 rings (SSSR count). The Morgan fingerprint density at radius 3 is 2.45 bits per heavy atom. The highest BCUT2D eigenvalue weighted by molar-refractivity contribution is 5.94. The molecule has 1 aliphatic carbocycles. The van der Waals surface area contributed by atoms with Gasteiger partial charge in [-0.15, -0.1) is 0 Å². The molecule has 1 N–H and O–H groups in total. The number of rotatable bonds is 5. The van der Waals surface area contributed by atoms with Crippen LogP contribution in [0.3, 0.4) is 0 Å². The first-order valence-electron chi connectivity index (χ1n) is 8.19. The molecule has 1 fully saturated rings. The quantitative estimate of drug-likeness (QED) is 0.909. The van der Waals surface area contributed by atoms with E-state index in [0.717, 1.165) is 12.8 Å². The minimum absolute atomic E-state index is 0.118. The predicted molar refractivity (Wildman–Crippen MR) is 87.6 cm³/mol. The largest absolute Gasteiger partial charge is 0.349 e. The van der Waals surface area contributed by atoms with E-state index in [1.807, 2.05) is 37.1 Å². The SMILES string of the molecule is C[C@@H](CC(=O)N(C)C1CCCCC1)NC(=O)c1ccccc1. The Morgan fingerprint density at radius 2 is 1.82 bits per heavy atom. The van der Waals surface area contributed by atoms with Crippen molar-refractivity contribution in [2.24, 2.45) is 0 Å². The normalized spacial score (nSPS) is 16.8. The molecule has 2 amide bonds. The molecule has 0 saturated heterocycles. The van der Waals surface area contributed by atoms with Crippen molar-refractivity contribution in [1.82, 2.24) is 10.2 Å². The first kappa shape index (κ1) is 16.5. The maximum absolute atomic E-state index is 12.3. The summed E-state index contributed by atoms with van der Waals surface area (Å²) in [5.41, 5.74) is 0.627. The highest BCUT2D eigenvalue weighted by Crippen LogP contribution is 2.22. The van der Waals surface area contributed by atoms with E-state index >= 15 is 0 Å². The number of carbonyl (C=O) groups excluding carboxylic acids is 2. The van der Waals surface area contributed by atoms with Gasteiger partial charge < -0.3 is 10.2 Å². The number of hydrogen-bond acceptors (Lipinski definition) is 2. The van der Waals surface area contributed by atoms with Crippen LogP contribution < -0.4 is 5.32 Å². The van der Waals surface area contributed by atoms with Gasteiger partial charge in [-0.1, -0.05) is 37.5 Å². The van der Waals surface area contributed by atoms with Crippen LogP contribution in [-0.2, 0) is 4.79 Å². The summed E-state index contributed by atoms with van der Waals surface area (Å²) in [7, 11) is 1.89. The fraction of sp³-hybridized carbons (Fsp3) is 0.556. The van der Waals surface area contributed by atoms with Crippen LogP contribution in [0.25, 0.3) is 0 Å². The number of hydrogen-bond donors (Lipinski definition) is 1. The van der Waals surface area contributed by atoms with Crippen molar-refractivity contribution >= 4 is 11.8 Å². The van der Waals surface area contributed by atoms with Gasteiger partial charge in [0.25, 0.3) is 5.91 Å². The molecule has 0 aromatic heterocycles. The van der Waals surface area contributed by atoms with Gasteiger partial charge in [-0.2, -0.15) is 0 Å². The maximum Gasteiger partial charge on any atom is 0.251 e. The maximum atomic E-state index is 12.3. The van der Waals surface area contributed by atoms with E-state index in [1.54, 1.807) is 12.1 Å². The molecule has 0 unspecified atom stereocenters. The van der Waals surface area contributed by atoms with Crippen molar-refractivity contribution in [3.8, 4) is 0 Å². The molecule has 4 heteroatoms. The average Bonchev–Trinajstić information content (AvgIpc) is 2.55. The second kappa shape index (κ2) is 7.97. The molecule has 1 aromatic carbocycles. The lowest BCUT2D eigenvalue weighted by atomic mass is 9.94. The van der Waals surface area contributed by atoms with Crippen molar-refractivity contribution in [2.45, 2.75) is 57.5 Å². The number of benzene rings is 1. The smallest absolute Gasteiger partial charge is 0.251 e. The summed E-state index contributed by atoms with van der Waals surface area (Å²) in [6, 6.07) is 9.31. The molecule has 1 aliphatic rings. The van der Waals surface area contributed by atoms with Crippen molar-refractivity contribution in [1.29, 1.82) is 0 Å². The number of carbonyl (C=O) groups is 2. The van der Waals surface area contributed by atoms with Crippen LogP contribution in [0.4, 0.5) is 0 Å². The fourth-order valence-corrected chi connectivity index (χ4v) is 3.03. The molecule has 0 heterocycles. The van der Waals surface area contributed by atoms with E-state index in [-0.39, 0.29) is 17.9 Å². The Hall–Kier alpha value is -1.84.